The predicted molar refractivity (Wildman–Crippen MR) is 96.7 cm³/mol. The normalized spacial score (nSPS) is 24.3. The largest absolute Gasteiger partial charge is 0.392 e. The molecule has 2 fully saturated rings. The molecular formula is C17H28N4O2S. The van der Waals surface area contributed by atoms with Crippen molar-refractivity contribution in [2.24, 2.45) is 5.41 Å². The summed E-state index contributed by atoms with van der Waals surface area (Å²) in [5.74, 6) is 0.105. The summed E-state index contributed by atoms with van der Waals surface area (Å²) in [6.07, 6.45) is 2.57. The summed E-state index contributed by atoms with van der Waals surface area (Å²) >= 11 is 1.45. The molecule has 1 unspecified atom stereocenters. The molecule has 1 amide bonds. The van der Waals surface area contributed by atoms with Crippen LogP contribution < -0.4 is 5.32 Å². The van der Waals surface area contributed by atoms with E-state index >= 15 is 0 Å². The lowest BCUT2D eigenvalue weighted by Gasteiger charge is -2.48. The van der Waals surface area contributed by atoms with Gasteiger partial charge in [-0.3, -0.25) is 4.79 Å². The number of aryl methyl sites for hydroxylation is 1. The molecule has 6 nitrogen and oxygen atoms in total. The Kier molecular flexibility index (Phi) is 5.13. The summed E-state index contributed by atoms with van der Waals surface area (Å²) in [7, 11) is 2.07. The van der Waals surface area contributed by atoms with Crippen LogP contribution in [0, 0.1) is 12.3 Å². The fourth-order valence-electron chi connectivity index (χ4n) is 4.14. The van der Waals surface area contributed by atoms with Gasteiger partial charge in [-0.1, -0.05) is 11.3 Å². The number of hydrogen-bond donors (Lipinski definition) is 2. The lowest BCUT2D eigenvalue weighted by molar-refractivity contribution is -0.0286. The van der Waals surface area contributed by atoms with Gasteiger partial charge in [0.1, 0.15) is 4.88 Å². The average molecular weight is 353 g/mol. The fourth-order valence-corrected chi connectivity index (χ4v) is 5.14. The number of anilines is 1. The molecule has 24 heavy (non-hydrogen) atoms. The van der Waals surface area contributed by atoms with Crippen molar-refractivity contribution in [1.29, 1.82) is 0 Å². The van der Waals surface area contributed by atoms with Crippen molar-refractivity contribution < 1.29 is 9.90 Å². The molecule has 0 saturated carbocycles. The molecule has 1 atom stereocenters. The first-order valence-corrected chi connectivity index (χ1v) is 9.61. The number of carbonyl (C=O) groups excluding carboxylic acids is 1. The number of aliphatic hydroxyl groups excluding tert-OH is 1. The molecule has 3 rings (SSSR count). The topological polar surface area (TPSA) is 68.7 Å². The van der Waals surface area contributed by atoms with E-state index in [0.29, 0.717) is 0 Å². The highest BCUT2D eigenvalue weighted by atomic mass is 32.1. The number of thiazole rings is 1. The molecule has 0 radical (unpaired) electrons. The van der Waals surface area contributed by atoms with Crippen LogP contribution in [0.15, 0.2) is 0 Å². The average Bonchev–Trinajstić information content (AvgIpc) is 2.87. The van der Waals surface area contributed by atoms with Gasteiger partial charge in [-0.25, -0.2) is 4.98 Å². The predicted octanol–water partition coefficient (Wildman–Crippen LogP) is 1.80. The summed E-state index contributed by atoms with van der Waals surface area (Å²) in [5.41, 5.74) is 0.981. The number of likely N-dealkylation sites (tertiary alicyclic amines) is 2. The number of aliphatic hydroxyl groups is 1. The third-order valence-corrected chi connectivity index (χ3v) is 6.33. The number of piperidine rings is 2. The first-order chi connectivity index (χ1) is 11.4. The minimum absolute atomic E-state index is 0.105. The van der Waals surface area contributed by atoms with Gasteiger partial charge in [-0.05, 0) is 45.6 Å². The zero-order valence-electron chi connectivity index (χ0n) is 14.8. The first-order valence-electron chi connectivity index (χ1n) is 8.79. The summed E-state index contributed by atoms with van der Waals surface area (Å²) < 4.78 is 0. The van der Waals surface area contributed by atoms with E-state index in [2.05, 4.69) is 22.2 Å². The molecule has 134 valence electrons. The molecule has 2 saturated heterocycles. The van der Waals surface area contributed by atoms with Crippen LogP contribution in [0.25, 0.3) is 0 Å². The molecule has 0 bridgehead atoms. The Labute approximate surface area is 147 Å². The minimum Gasteiger partial charge on any atom is -0.392 e. The lowest BCUT2D eigenvalue weighted by Crippen LogP contribution is -2.53. The maximum Gasteiger partial charge on any atom is 0.265 e. The maximum absolute atomic E-state index is 12.8. The van der Waals surface area contributed by atoms with E-state index in [1.165, 1.54) is 11.3 Å². The van der Waals surface area contributed by atoms with Crippen molar-refractivity contribution >= 4 is 22.4 Å². The number of amides is 1. The molecule has 7 heteroatoms. The molecule has 2 N–H and O–H groups in total. The zero-order valence-corrected chi connectivity index (χ0v) is 15.7. The van der Waals surface area contributed by atoms with E-state index in [-0.39, 0.29) is 17.4 Å². The van der Waals surface area contributed by atoms with Gasteiger partial charge in [0, 0.05) is 32.7 Å². The molecule has 1 aromatic heterocycles. The molecule has 1 spiro atoms. The molecular weight excluding hydrogens is 324 g/mol. The quantitative estimate of drug-likeness (QED) is 0.868. The lowest BCUT2D eigenvalue weighted by atomic mass is 9.71. The number of nitrogens with one attached hydrogen (secondary N) is 1. The Bertz CT molecular complexity index is 583. The highest BCUT2D eigenvalue weighted by molar-refractivity contribution is 7.17. The van der Waals surface area contributed by atoms with E-state index in [1.54, 1.807) is 0 Å². The summed E-state index contributed by atoms with van der Waals surface area (Å²) in [4.78, 5) is 22.2. The SMILES string of the molecule is CCNc1nc(C)c(C(=O)N2CCC3(CC2)CC(O)CN(C)C3)s1. The van der Waals surface area contributed by atoms with Crippen molar-refractivity contribution in [2.45, 2.75) is 39.2 Å². The van der Waals surface area contributed by atoms with Crippen LogP contribution in [0.1, 0.15) is 41.6 Å². The van der Waals surface area contributed by atoms with Crippen molar-refractivity contribution in [3.05, 3.63) is 10.6 Å². The molecule has 2 aliphatic heterocycles. The van der Waals surface area contributed by atoms with Gasteiger partial charge in [0.15, 0.2) is 5.13 Å². The van der Waals surface area contributed by atoms with Crippen LogP contribution in [0.2, 0.25) is 0 Å². The highest BCUT2D eigenvalue weighted by Gasteiger charge is 2.41. The van der Waals surface area contributed by atoms with E-state index in [9.17, 15) is 9.90 Å². The first kappa shape index (κ1) is 17.6. The van der Waals surface area contributed by atoms with Crippen molar-refractivity contribution in [2.75, 3.05) is 45.1 Å². The van der Waals surface area contributed by atoms with Crippen LogP contribution in [0.3, 0.4) is 0 Å². The van der Waals surface area contributed by atoms with Crippen LogP contribution in [-0.2, 0) is 0 Å². The molecule has 0 aliphatic carbocycles. The number of rotatable bonds is 3. The van der Waals surface area contributed by atoms with Crippen molar-refractivity contribution in [3.8, 4) is 0 Å². The smallest absolute Gasteiger partial charge is 0.265 e. The van der Waals surface area contributed by atoms with E-state index < -0.39 is 0 Å². The summed E-state index contributed by atoms with van der Waals surface area (Å²) in [6, 6.07) is 0. The van der Waals surface area contributed by atoms with Crippen LogP contribution >= 0.6 is 11.3 Å². The highest BCUT2D eigenvalue weighted by Crippen LogP contribution is 2.40. The Morgan fingerprint density at radius 3 is 2.79 bits per heavy atom. The molecule has 3 heterocycles. The number of β-amino-alcohol motifs (C(OH)–C–C–N with tert-alkyl or cyclic N) is 1. The number of carbonyl (C=O) groups is 1. The second-order valence-electron chi connectivity index (χ2n) is 7.31. The number of aromatic nitrogens is 1. The Balaban J connectivity index is 1.65. The van der Waals surface area contributed by atoms with Gasteiger partial charge < -0.3 is 20.2 Å². The van der Waals surface area contributed by atoms with Gasteiger partial charge in [0.25, 0.3) is 5.91 Å². The van der Waals surface area contributed by atoms with E-state index in [0.717, 1.165) is 67.7 Å². The van der Waals surface area contributed by atoms with Crippen LogP contribution in [-0.4, -0.2) is 71.7 Å². The Hall–Kier alpha value is -1.18. The standard InChI is InChI=1S/C17H28N4O2S/c1-4-18-16-19-12(2)14(24-16)15(23)21-7-5-17(6-8-21)9-13(22)10-20(3)11-17/h13,22H,4-11H2,1-3H3,(H,18,19). The van der Waals surface area contributed by atoms with Crippen LogP contribution in [0.5, 0.6) is 0 Å². The van der Waals surface area contributed by atoms with Gasteiger partial charge >= 0.3 is 0 Å². The minimum atomic E-state index is -0.239. The number of likely N-dealkylation sites (N-methyl/N-ethyl adjacent to an activating group) is 1. The third kappa shape index (κ3) is 3.58. The van der Waals surface area contributed by atoms with Crippen molar-refractivity contribution in [1.82, 2.24) is 14.8 Å². The van der Waals surface area contributed by atoms with Gasteiger partial charge in [0.05, 0.1) is 11.8 Å². The zero-order chi connectivity index (χ0) is 17.3. The van der Waals surface area contributed by atoms with Crippen LogP contribution in [0.4, 0.5) is 5.13 Å². The monoisotopic (exact) mass is 352 g/mol. The van der Waals surface area contributed by atoms with Gasteiger partial charge in [0.2, 0.25) is 0 Å². The van der Waals surface area contributed by atoms with E-state index in [4.69, 9.17) is 0 Å². The Morgan fingerprint density at radius 1 is 1.46 bits per heavy atom. The van der Waals surface area contributed by atoms with E-state index in [1.807, 2.05) is 18.7 Å². The summed E-state index contributed by atoms with van der Waals surface area (Å²) in [5, 5.41) is 14.1. The second-order valence-corrected chi connectivity index (χ2v) is 8.31. The van der Waals surface area contributed by atoms with Gasteiger partial charge in [-0.15, -0.1) is 0 Å². The Morgan fingerprint density at radius 2 is 2.17 bits per heavy atom. The van der Waals surface area contributed by atoms with Gasteiger partial charge in [-0.2, -0.15) is 0 Å². The number of nitrogens with zero attached hydrogens (tertiary/aromatic N) is 3. The second kappa shape index (κ2) is 6.98. The third-order valence-electron chi connectivity index (χ3n) is 5.23. The van der Waals surface area contributed by atoms with Crippen molar-refractivity contribution in [3.63, 3.8) is 0 Å². The number of hydrogen-bond acceptors (Lipinski definition) is 6. The fraction of sp³-hybridized carbons (Fsp3) is 0.765. The molecule has 2 aliphatic rings. The molecule has 0 aromatic carbocycles. The maximum atomic E-state index is 12.8. The summed E-state index contributed by atoms with van der Waals surface area (Å²) in [6.45, 7) is 8.07. The molecule has 1 aromatic rings.